The van der Waals surface area contributed by atoms with Gasteiger partial charge in [0, 0.05) is 23.4 Å². The molecule has 1 rings (SSSR count). The largest absolute Gasteiger partial charge is 0.316 e. The molecule has 0 bridgehead atoms. The van der Waals surface area contributed by atoms with E-state index in [1.54, 1.807) is 23.9 Å². The molecule has 0 fully saturated rings. The van der Waals surface area contributed by atoms with Crippen molar-refractivity contribution in [2.75, 3.05) is 25.1 Å². The Labute approximate surface area is 121 Å². The van der Waals surface area contributed by atoms with Crippen molar-refractivity contribution >= 4 is 21.6 Å². The first kappa shape index (κ1) is 16.5. The van der Waals surface area contributed by atoms with Crippen molar-refractivity contribution in [1.82, 2.24) is 5.32 Å². The Morgan fingerprint density at radius 2 is 1.79 bits per heavy atom. The van der Waals surface area contributed by atoms with Crippen LogP contribution in [0.4, 0.5) is 0 Å². The number of nitrogens with one attached hydrogen (secondary N) is 1. The summed E-state index contributed by atoms with van der Waals surface area (Å²) in [4.78, 5) is 1.49. The molecular formula is C14H23NO2S2. The van der Waals surface area contributed by atoms with E-state index in [-0.39, 0.29) is 0 Å². The maximum absolute atomic E-state index is 11.3. The number of sulfone groups is 1. The molecule has 1 N–H and O–H groups in total. The lowest BCUT2D eigenvalue weighted by Gasteiger charge is -2.07. The quantitative estimate of drug-likeness (QED) is 0.592. The maximum Gasteiger partial charge on any atom is 0.175 e. The molecular weight excluding hydrogens is 278 g/mol. The lowest BCUT2D eigenvalue weighted by molar-refractivity contribution is 0.547. The van der Waals surface area contributed by atoms with E-state index in [9.17, 15) is 8.42 Å². The first-order chi connectivity index (χ1) is 8.89. The first-order valence-electron chi connectivity index (χ1n) is 6.53. The topological polar surface area (TPSA) is 46.2 Å². The Morgan fingerprint density at radius 3 is 2.32 bits per heavy atom. The minimum absolute atomic E-state index is 0.381. The van der Waals surface area contributed by atoms with Gasteiger partial charge in [0.2, 0.25) is 0 Å². The van der Waals surface area contributed by atoms with Gasteiger partial charge in [0.15, 0.2) is 9.84 Å². The SMILES string of the molecule is CC(C)CCNCCSc1ccc(S(C)(=O)=O)cc1. The van der Waals surface area contributed by atoms with Crippen LogP contribution in [-0.2, 0) is 9.84 Å². The van der Waals surface area contributed by atoms with Gasteiger partial charge in [-0.15, -0.1) is 11.8 Å². The predicted molar refractivity (Wildman–Crippen MR) is 82.6 cm³/mol. The molecule has 3 nitrogen and oxygen atoms in total. The zero-order valence-electron chi connectivity index (χ0n) is 11.8. The molecule has 1 aromatic rings. The highest BCUT2D eigenvalue weighted by Gasteiger charge is 2.05. The van der Waals surface area contributed by atoms with Crippen molar-refractivity contribution in [2.45, 2.75) is 30.1 Å². The summed E-state index contributed by atoms with van der Waals surface area (Å²) in [5.41, 5.74) is 0. The van der Waals surface area contributed by atoms with Crippen LogP contribution in [0.2, 0.25) is 0 Å². The van der Waals surface area contributed by atoms with Gasteiger partial charge in [-0.3, -0.25) is 0 Å². The van der Waals surface area contributed by atoms with E-state index in [0.717, 1.165) is 29.7 Å². The highest BCUT2D eigenvalue weighted by atomic mass is 32.2. The van der Waals surface area contributed by atoms with Crippen molar-refractivity contribution in [3.05, 3.63) is 24.3 Å². The minimum atomic E-state index is -3.08. The zero-order chi connectivity index (χ0) is 14.3. The van der Waals surface area contributed by atoms with Gasteiger partial charge in [0.1, 0.15) is 0 Å². The van der Waals surface area contributed by atoms with Crippen LogP contribution in [0.3, 0.4) is 0 Å². The number of benzene rings is 1. The molecule has 1 aromatic carbocycles. The van der Waals surface area contributed by atoms with Crippen molar-refractivity contribution < 1.29 is 8.42 Å². The molecule has 0 aliphatic rings. The molecule has 0 aliphatic heterocycles. The van der Waals surface area contributed by atoms with Gasteiger partial charge in [0.25, 0.3) is 0 Å². The molecule has 0 aromatic heterocycles. The summed E-state index contributed by atoms with van der Waals surface area (Å²) in [6.45, 7) is 6.48. The van der Waals surface area contributed by atoms with Crippen LogP contribution in [0.15, 0.2) is 34.1 Å². The van der Waals surface area contributed by atoms with Crippen LogP contribution in [-0.4, -0.2) is 33.5 Å². The van der Waals surface area contributed by atoms with Crippen LogP contribution in [0.1, 0.15) is 20.3 Å². The fourth-order valence-electron chi connectivity index (χ4n) is 1.54. The third-order valence-electron chi connectivity index (χ3n) is 2.70. The average molecular weight is 301 g/mol. The molecule has 0 amide bonds. The predicted octanol–water partition coefficient (Wildman–Crippen LogP) is 2.82. The number of rotatable bonds is 8. The Hall–Kier alpha value is -0.520. The average Bonchev–Trinajstić information content (AvgIpc) is 2.32. The summed E-state index contributed by atoms with van der Waals surface area (Å²) >= 11 is 1.74. The number of hydrogen-bond acceptors (Lipinski definition) is 4. The van der Waals surface area contributed by atoms with E-state index >= 15 is 0 Å². The van der Waals surface area contributed by atoms with Crippen LogP contribution in [0.25, 0.3) is 0 Å². The van der Waals surface area contributed by atoms with Crippen molar-refractivity contribution in [2.24, 2.45) is 5.92 Å². The van der Waals surface area contributed by atoms with Crippen molar-refractivity contribution in [3.8, 4) is 0 Å². The summed E-state index contributed by atoms with van der Waals surface area (Å²) in [5.74, 6) is 1.74. The fraction of sp³-hybridized carbons (Fsp3) is 0.571. The van der Waals surface area contributed by atoms with E-state index in [1.165, 1.54) is 12.7 Å². The van der Waals surface area contributed by atoms with Gasteiger partial charge in [-0.25, -0.2) is 8.42 Å². The van der Waals surface area contributed by atoms with E-state index < -0.39 is 9.84 Å². The zero-order valence-corrected chi connectivity index (χ0v) is 13.5. The van der Waals surface area contributed by atoms with Gasteiger partial charge in [-0.1, -0.05) is 13.8 Å². The molecule has 0 saturated heterocycles. The molecule has 0 heterocycles. The summed E-state index contributed by atoms with van der Waals surface area (Å²) in [7, 11) is -3.08. The molecule has 0 aliphatic carbocycles. The third kappa shape index (κ3) is 6.99. The van der Waals surface area contributed by atoms with E-state index in [1.807, 2.05) is 12.1 Å². The van der Waals surface area contributed by atoms with Gasteiger partial charge in [-0.2, -0.15) is 0 Å². The maximum atomic E-state index is 11.3. The van der Waals surface area contributed by atoms with E-state index in [0.29, 0.717) is 4.90 Å². The molecule has 19 heavy (non-hydrogen) atoms. The van der Waals surface area contributed by atoms with E-state index in [4.69, 9.17) is 0 Å². The fourth-order valence-corrected chi connectivity index (χ4v) is 2.98. The molecule has 0 spiro atoms. The minimum Gasteiger partial charge on any atom is -0.316 e. The Kier molecular flexibility index (Phi) is 6.89. The molecule has 5 heteroatoms. The van der Waals surface area contributed by atoms with E-state index in [2.05, 4.69) is 19.2 Å². The summed E-state index contributed by atoms with van der Waals surface area (Å²) in [6, 6.07) is 7.08. The smallest absolute Gasteiger partial charge is 0.175 e. The molecule has 0 atom stereocenters. The summed E-state index contributed by atoms with van der Waals surface area (Å²) in [6.07, 6.45) is 2.43. The van der Waals surface area contributed by atoms with Gasteiger partial charge < -0.3 is 5.32 Å². The van der Waals surface area contributed by atoms with Crippen LogP contribution in [0, 0.1) is 5.92 Å². The van der Waals surface area contributed by atoms with Crippen molar-refractivity contribution in [1.29, 1.82) is 0 Å². The molecule has 0 radical (unpaired) electrons. The van der Waals surface area contributed by atoms with Crippen molar-refractivity contribution in [3.63, 3.8) is 0 Å². The highest BCUT2D eigenvalue weighted by Crippen LogP contribution is 2.19. The Balaban J connectivity index is 2.27. The van der Waals surface area contributed by atoms with Gasteiger partial charge >= 0.3 is 0 Å². The van der Waals surface area contributed by atoms with Crippen LogP contribution < -0.4 is 5.32 Å². The summed E-state index contributed by atoms with van der Waals surface area (Å²) in [5, 5.41) is 3.41. The number of hydrogen-bond donors (Lipinski definition) is 1. The lowest BCUT2D eigenvalue weighted by atomic mass is 10.1. The first-order valence-corrected chi connectivity index (χ1v) is 9.41. The monoisotopic (exact) mass is 301 g/mol. The molecule has 0 saturated carbocycles. The third-order valence-corrected chi connectivity index (χ3v) is 4.84. The highest BCUT2D eigenvalue weighted by molar-refractivity contribution is 7.99. The van der Waals surface area contributed by atoms with Crippen LogP contribution >= 0.6 is 11.8 Å². The second kappa shape index (κ2) is 7.92. The van der Waals surface area contributed by atoms with Crippen LogP contribution in [0.5, 0.6) is 0 Å². The molecule has 0 unspecified atom stereocenters. The Bertz CT molecular complexity index is 467. The molecule has 108 valence electrons. The Morgan fingerprint density at radius 1 is 1.16 bits per heavy atom. The second-order valence-corrected chi connectivity index (χ2v) is 8.21. The second-order valence-electron chi connectivity index (χ2n) is 5.02. The lowest BCUT2D eigenvalue weighted by Crippen LogP contribution is -2.19. The van der Waals surface area contributed by atoms with Gasteiger partial charge in [0.05, 0.1) is 4.90 Å². The standard InChI is InChI=1S/C14H23NO2S2/c1-12(2)8-9-15-10-11-18-13-4-6-14(7-5-13)19(3,16)17/h4-7,12,15H,8-11H2,1-3H3. The number of thioether (sulfide) groups is 1. The normalized spacial score (nSPS) is 12.0. The summed E-state index contributed by atoms with van der Waals surface area (Å²) < 4.78 is 22.6. The van der Waals surface area contributed by atoms with Gasteiger partial charge in [-0.05, 0) is 43.1 Å².